The zero-order valence-corrected chi connectivity index (χ0v) is 11.0. The average Bonchev–Trinajstić information content (AvgIpc) is 2.28. The van der Waals surface area contributed by atoms with Crippen molar-refractivity contribution in [1.82, 2.24) is 0 Å². The molecule has 1 N–H and O–H groups in total. The van der Waals surface area contributed by atoms with Crippen LogP contribution in [0.5, 0.6) is 0 Å². The first-order valence-corrected chi connectivity index (χ1v) is 7.03. The second-order valence-corrected chi connectivity index (χ2v) is 4.84. The molecule has 1 rings (SSSR count). The lowest BCUT2D eigenvalue weighted by atomic mass is 10.1. The predicted molar refractivity (Wildman–Crippen MR) is 73.9 cm³/mol. The van der Waals surface area contributed by atoms with Crippen molar-refractivity contribution >= 4 is 23.1 Å². The summed E-state index contributed by atoms with van der Waals surface area (Å²) in [4.78, 5) is 10.6. The molecule has 0 saturated heterocycles. The molecule has 1 aromatic carbocycles. The van der Waals surface area contributed by atoms with Crippen molar-refractivity contribution in [2.45, 2.75) is 19.8 Å². The number of hydrogen-bond acceptors (Lipinski definition) is 4. The lowest BCUT2D eigenvalue weighted by molar-refractivity contribution is -0.384. The van der Waals surface area contributed by atoms with Crippen molar-refractivity contribution < 1.29 is 4.92 Å². The summed E-state index contributed by atoms with van der Waals surface area (Å²) >= 11 is 1.82. The molecule has 4 nitrogen and oxygen atoms in total. The van der Waals surface area contributed by atoms with Crippen LogP contribution in [0, 0.1) is 17.0 Å². The van der Waals surface area contributed by atoms with E-state index in [4.69, 9.17) is 0 Å². The number of nitrogens with one attached hydrogen (secondary N) is 1. The molecule has 0 heterocycles. The number of rotatable bonds is 7. The standard InChI is InChI=1S/C12H18N2O2S/c1-10-6-5-7-11(12(10)14(15)16)13-8-3-4-9-17-2/h5-7,13H,3-4,8-9H2,1-2H3. The van der Waals surface area contributed by atoms with E-state index in [0.29, 0.717) is 11.3 Å². The van der Waals surface area contributed by atoms with E-state index >= 15 is 0 Å². The SMILES string of the molecule is CSCCCCNc1cccc(C)c1[N+](=O)[O-]. The number of unbranched alkanes of at least 4 members (excludes halogenated alkanes) is 1. The second-order valence-electron chi connectivity index (χ2n) is 3.85. The lowest BCUT2D eigenvalue weighted by Gasteiger charge is -2.08. The Morgan fingerprint density at radius 1 is 1.41 bits per heavy atom. The van der Waals surface area contributed by atoms with E-state index in [9.17, 15) is 10.1 Å². The van der Waals surface area contributed by atoms with E-state index in [-0.39, 0.29) is 10.6 Å². The summed E-state index contributed by atoms with van der Waals surface area (Å²) < 4.78 is 0. The maximum absolute atomic E-state index is 10.9. The first-order valence-electron chi connectivity index (χ1n) is 5.63. The maximum atomic E-state index is 10.9. The van der Waals surface area contributed by atoms with Crippen molar-refractivity contribution in [3.63, 3.8) is 0 Å². The summed E-state index contributed by atoms with van der Waals surface area (Å²) in [7, 11) is 0. The van der Waals surface area contributed by atoms with E-state index in [2.05, 4.69) is 11.6 Å². The molecule has 0 unspecified atom stereocenters. The van der Waals surface area contributed by atoms with Crippen molar-refractivity contribution in [3.05, 3.63) is 33.9 Å². The van der Waals surface area contributed by atoms with Crippen LogP contribution in [0.2, 0.25) is 0 Å². The Balaban J connectivity index is 2.58. The zero-order chi connectivity index (χ0) is 12.7. The number of nitro benzene ring substituents is 1. The summed E-state index contributed by atoms with van der Waals surface area (Å²) in [5.74, 6) is 1.14. The Bertz CT molecular complexity index is 383. The van der Waals surface area contributed by atoms with Crippen LogP contribution >= 0.6 is 11.8 Å². The Labute approximate surface area is 106 Å². The summed E-state index contributed by atoms with van der Waals surface area (Å²) in [6, 6.07) is 5.36. The van der Waals surface area contributed by atoms with Gasteiger partial charge in [0.2, 0.25) is 0 Å². The van der Waals surface area contributed by atoms with Crippen molar-refractivity contribution in [1.29, 1.82) is 0 Å². The lowest BCUT2D eigenvalue weighted by Crippen LogP contribution is -2.05. The maximum Gasteiger partial charge on any atom is 0.295 e. The highest BCUT2D eigenvalue weighted by Crippen LogP contribution is 2.27. The number of thioether (sulfide) groups is 1. The van der Waals surface area contributed by atoms with Gasteiger partial charge in [-0.2, -0.15) is 11.8 Å². The summed E-state index contributed by atoms with van der Waals surface area (Å²) in [5.41, 5.74) is 1.51. The molecule has 1 aromatic rings. The van der Waals surface area contributed by atoms with Crippen LogP contribution in [0.25, 0.3) is 0 Å². The fourth-order valence-corrected chi connectivity index (χ4v) is 2.13. The molecule has 0 aliphatic rings. The fraction of sp³-hybridized carbons (Fsp3) is 0.500. The minimum Gasteiger partial charge on any atom is -0.379 e. The molecule has 0 saturated carbocycles. The molecular weight excluding hydrogens is 236 g/mol. The monoisotopic (exact) mass is 254 g/mol. The average molecular weight is 254 g/mol. The first-order chi connectivity index (χ1) is 8.16. The van der Waals surface area contributed by atoms with Gasteiger partial charge in [-0.3, -0.25) is 10.1 Å². The Morgan fingerprint density at radius 3 is 2.82 bits per heavy atom. The zero-order valence-electron chi connectivity index (χ0n) is 10.2. The van der Waals surface area contributed by atoms with E-state index in [1.807, 2.05) is 17.8 Å². The van der Waals surface area contributed by atoms with Crippen LogP contribution in [0.15, 0.2) is 18.2 Å². The van der Waals surface area contributed by atoms with Gasteiger partial charge in [0.1, 0.15) is 5.69 Å². The molecule has 0 aromatic heterocycles. The molecule has 0 aliphatic heterocycles. The smallest absolute Gasteiger partial charge is 0.295 e. The van der Waals surface area contributed by atoms with Crippen LogP contribution in [0.3, 0.4) is 0 Å². The molecule has 0 atom stereocenters. The number of hydrogen-bond donors (Lipinski definition) is 1. The van der Waals surface area contributed by atoms with Crippen LogP contribution in [0.1, 0.15) is 18.4 Å². The molecule has 0 fully saturated rings. The highest BCUT2D eigenvalue weighted by molar-refractivity contribution is 7.98. The summed E-state index contributed by atoms with van der Waals surface area (Å²) in [6.07, 6.45) is 4.25. The van der Waals surface area contributed by atoms with Gasteiger partial charge in [0, 0.05) is 12.1 Å². The molecule has 5 heteroatoms. The number of anilines is 1. The third-order valence-electron chi connectivity index (χ3n) is 2.51. The van der Waals surface area contributed by atoms with Crippen molar-refractivity contribution in [3.8, 4) is 0 Å². The molecule has 0 aliphatic carbocycles. The molecule has 0 radical (unpaired) electrons. The van der Waals surface area contributed by atoms with Gasteiger partial charge in [-0.05, 0) is 37.8 Å². The van der Waals surface area contributed by atoms with Crippen molar-refractivity contribution in [2.24, 2.45) is 0 Å². The molecule has 17 heavy (non-hydrogen) atoms. The number of nitro groups is 1. The molecule has 0 spiro atoms. The van der Waals surface area contributed by atoms with Gasteiger partial charge >= 0.3 is 0 Å². The number of benzene rings is 1. The van der Waals surface area contributed by atoms with E-state index in [0.717, 1.165) is 25.1 Å². The van der Waals surface area contributed by atoms with Crippen LogP contribution in [-0.2, 0) is 0 Å². The molecular formula is C12H18N2O2S. The Morgan fingerprint density at radius 2 is 2.18 bits per heavy atom. The van der Waals surface area contributed by atoms with E-state index < -0.39 is 0 Å². The predicted octanol–water partition coefficient (Wildman–Crippen LogP) is 3.46. The van der Waals surface area contributed by atoms with Crippen molar-refractivity contribution in [2.75, 3.05) is 23.9 Å². The normalized spacial score (nSPS) is 10.2. The molecule has 0 bridgehead atoms. The van der Waals surface area contributed by atoms with E-state index in [1.54, 1.807) is 19.1 Å². The Kier molecular flexibility index (Phi) is 5.83. The number of aryl methyl sites for hydroxylation is 1. The van der Waals surface area contributed by atoms with Gasteiger partial charge in [-0.25, -0.2) is 0 Å². The van der Waals surface area contributed by atoms with Gasteiger partial charge in [0.15, 0.2) is 0 Å². The Hall–Kier alpha value is -1.23. The summed E-state index contributed by atoms with van der Waals surface area (Å²) in [6.45, 7) is 2.54. The molecule has 0 amide bonds. The van der Waals surface area contributed by atoms with Gasteiger partial charge in [0.05, 0.1) is 4.92 Å². The second kappa shape index (κ2) is 7.17. The summed E-state index contributed by atoms with van der Waals surface area (Å²) in [5, 5.41) is 14.1. The topological polar surface area (TPSA) is 55.2 Å². The van der Waals surface area contributed by atoms with Crippen LogP contribution in [0.4, 0.5) is 11.4 Å². The largest absolute Gasteiger partial charge is 0.379 e. The quantitative estimate of drug-likeness (QED) is 0.460. The number of nitrogens with zero attached hydrogens (tertiary/aromatic N) is 1. The first kappa shape index (κ1) is 13.8. The minimum absolute atomic E-state index is 0.192. The molecule has 94 valence electrons. The van der Waals surface area contributed by atoms with Gasteiger partial charge in [0.25, 0.3) is 5.69 Å². The third kappa shape index (κ3) is 4.26. The highest BCUT2D eigenvalue weighted by Gasteiger charge is 2.15. The fourth-order valence-electron chi connectivity index (χ4n) is 1.64. The van der Waals surface area contributed by atoms with Gasteiger partial charge in [-0.15, -0.1) is 0 Å². The van der Waals surface area contributed by atoms with Crippen LogP contribution < -0.4 is 5.32 Å². The van der Waals surface area contributed by atoms with Gasteiger partial charge in [-0.1, -0.05) is 12.1 Å². The highest BCUT2D eigenvalue weighted by atomic mass is 32.2. The number of para-hydroxylation sites is 1. The van der Waals surface area contributed by atoms with E-state index in [1.165, 1.54) is 0 Å². The third-order valence-corrected chi connectivity index (χ3v) is 3.21. The minimum atomic E-state index is -0.320. The van der Waals surface area contributed by atoms with Crippen LogP contribution in [-0.4, -0.2) is 23.5 Å². The van der Waals surface area contributed by atoms with Gasteiger partial charge < -0.3 is 5.32 Å².